The van der Waals surface area contributed by atoms with Crippen molar-refractivity contribution in [1.29, 1.82) is 0 Å². The number of aryl methyl sites for hydroxylation is 2. The summed E-state index contributed by atoms with van der Waals surface area (Å²) in [6, 6.07) is 15.4. The molecule has 0 bridgehead atoms. The fourth-order valence-corrected chi connectivity index (χ4v) is 5.56. The number of carbonyl (C=O) groups excluding carboxylic acids is 2. The standard InChI is InChI=1S/C35H46N4O3/c1-35(2,3)29-18-20-30(21-19-29)38(4)34(41)39-24-6-5-17-32(39)33(40)42-31(15-7-11-27-13-9-22-36-25-27)16-8-12-28-14-10-23-37-26-28/h9-10,13-14,18-23,25-26,31-32H,5-8,11-12,15-17,24H2,1-4H3/t32-/m0/s1. The van der Waals surface area contributed by atoms with Crippen LogP contribution in [0.25, 0.3) is 0 Å². The zero-order valence-electron chi connectivity index (χ0n) is 25.7. The summed E-state index contributed by atoms with van der Waals surface area (Å²) in [4.78, 5) is 39.1. The van der Waals surface area contributed by atoms with Gasteiger partial charge in [0.1, 0.15) is 12.1 Å². The largest absolute Gasteiger partial charge is 0.461 e. The highest BCUT2D eigenvalue weighted by atomic mass is 16.5. The summed E-state index contributed by atoms with van der Waals surface area (Å²) in [6.07, 6.45) is 14.7. The molecule has 1 aliphatic heterocycles. The van der Waals surface area contributed by atoms with Crippen LogP contribution in [-0.2, 0) is 27.8 Å². The SMILES string of the molecule is CN(C(=O)N1CCCC[C@H]1C(=O)OC(CCCc1cccnc1)CCCc1cccnc1)c1ccc(C(C)(C)C)cc1. The smallest absolute Gasteiger partial charge is 0.329 e. The Morgan fingerprint density at radius 2 is 1.52 bits per heavy atom. The molecule has 0 N–H and O–H groups in total. The van der Waals surface area contributed by atoms with Gasteiger partial charge in [0.05, 0.1) is 0 Å². The third kappa shape index (κ3) is 8.88. The van der Waals surface area contributed by atoms with Crippen LogP contribution in [0.3, 0.4) is 0 Å². The number of hydrogen-bond donors (Lipinski definition) is 0. The van der Waals surface area contributed by atoms with Crippen molar-refractivity contribution in [1.82, 2.24) is 14.9 Å². The Bertz CT molecular complexity index is 1210. The molecule has 3 heterocycles. The predicted molar refractivity (Wildman–Crippen MR) is 168 cm³/mol. The second kappa shape index (κ2) is 14.9. The van der Waals surface area contributed by atoms with Crippen LogP contribution in [0.2, 0.25) is 0 Å². The number of ether oxygens (including phenoxy) is 1. The lowest BCUT2D eigenvalue weighted by atomic mass is 9.87. The first-order valence-electron chi connectivity index (χ1n) is 15.4. The second-order valence-corrected chi connectivity index (χ2v) is 12.4. The van der Waals surface area contributed by atoms with Gasteiger partial charge in [0.2, 0.25) is 0 Å². The number of rotatable bonds is 11. The van der Waals surface area contributed by atoms with Gasteiger partial charge in [-0.3, -0.25) is 14.9 Å². The number of amides is 2. The van der Waals surface area contributed by atoms with E-state index in [-0.39, 0.29) is 23.5 Å². The molecule has 0 spiro atoms. The highest BCUT2D eigenvalue weighted by Gasteiger charge is 2.36. The van der Waals surface area contributed by atoms with Gasteiger partial charge in [-0.15, -0.1) is 0 Å². The molecule has 0 unspecified atom stereocenters. The monoisotopic (exact) mass is 570 g/mol. The topological polar surface area (TPSA) is 75.6 Å². The summed E-state index contributed by atoms with van der Waals surface area (Å²) in [5.74, 6) is -0.285. The summed E-state index contributed by atoms with van der Waals surface area (Å²) in [7, 11) is 1.78. The molecule has 0 radical (unpaired) electrons. The normalized spacial score (nSPS) is 15.5. The van der Waals surface area contributed by atoms with Gasteiger partial charge in [-0.25, -0.2) is 9.59 Å². The minimum absolute atomic E-state index is 0.0370. The number of aromatic nitrogens is 2. The van der Waals surface area contributed by atoms with E-state index in [4.69, 9.17) is 4.74 Å². The van der Waals surface area contributed by atoms with E-state index in [9.17, 15) is 9.59 Å². The van der Waals surface area contributed by atoms with E-state index < -0.39 is 6.04 Å². The van der Waals surface area contributed by atoms with E-state index in [0.29, 0.717) is 13.0 Å². The van der Waals surface area contributed by atoms with Gasteiger partial charge in [-0.05, 0) is 104 Å². The third-order valence-corrected chi connectivity index (χ3v) is 8.14. The lowest BCUT2D eigenvalue weighted by molar-refractivity contribution is -0.156. The maximum Gasteiger partial charge on any atom is 0.329 e. The van der Waals surface area contributed by atoms with Crippen molar-refractivity contribution >= 4 is 17.7 Å². The summed E-state index contributed by atoms with van der Waals surface area (Å²) >= 11 is 0. The molecule has 1 aliphatic rings. The molecular formula is C35H46N4O3. The summed E-state index contributed by atoms with van der Waals surface area (Å²) < 4.78 is 6.20. The maximum atomic E-state index is 13.7. The van der Waals surface area contributed by atoms with Gasteiger partial charge in [0.25, 0.3) is 0 Å². The van der Waals surface area contributed by atoms with Gasteiger partial charge in [0, 0.05) is 44.1 Å². The van der Waals surface area contributed by atoms with E-state index in [0.717, 1.165) is 57.1 Å². The van der Waals surface area contributed by atoms with E-state index in [2.05, 4.69) is 55.0 Å². The molecule has 0 aliphatic carbocycles. The zero-order chi connectivity index (χ0) is 30.0. The number of nitrogens with zero attached hydrogens (tertiary/aromatic N) is 4. The Hall–Kier alpha value is -3.74. The van der Waals surface area contributed by atoms with Crippen molar-refractivity contribution < 1.29 is 14.3 Å². The lowest BCUT2D eigenvalue weighted by Gasteiger charge is -2.37. The number of anilines is 1. The summed E-state index contributed by atoms with van der Waals surface area (Å²) in [5.41, 5.74) is 4.43. The van der Waals surface area contributed by atoms with Crippen molar-refractivity contribution in [3.63, 3.8) is 0 Å². The minimum Gasteiger partial charge on any atom is -0.461 e. The molecule has 0 saturated carbocycles. The molecule has 4 rings (SSSR count). The maximum absolute atomic E-state index is 13.7. The van der Waals surface area contributed by atoms with Crippen LogP contribution >= 0.6 is 0 Å². The van der Waals surface area contributed by atoms with Gasteiger partial charge < -0.3 is 9.64 Å². The molecule has 1 atom stereocenters. The van der Waals surface area contributed by atoms with Gasteiger partial charge >= 0.3 is 12.0 Å². The predicted octanol–water partition coefficient (Wildman–Crippen LogP) is 7.14. The molecule has 7 nitrogen and oxygen atoms in total. The van der Waals surface area contributed by atoms with Crippen molar-refractivity contribution in [3.05, 3.63) is 90.0 Å². The Morgan fingerprint density at radius 3 is 2.05 bits per heavy atom. The van der Waals surface area contributed by atoms with Crippen LogP contribution in [0, 0.1) is 0 Å². The molecule has 7 heteroatoms. The Balaban J connectivity index is 1.40. The zero-order valence-corrected chi connectivity index (χ0v) is 25.7. The number of likely N-dealkylation sites (tertiary alicyclic amines) is 1. The lowest BCUT2D eigenvalue weighted by Crippen LogP contribution is -2.53. The van der Waals surface area contributed by atoms with Crippen molar-refractivity contribution in [2.45, 2.75) is 96.1 Å². The van der Waals surface area contributed by atoms with Gasteiger partial charge in [-0.2, -0.15) is 0 Å². The molecule has 1 aromatic carbocycles. The van der Waals surface area contributed by atoms with Crippen LogP contribution in [0.15, 0.2) is 73.3 Å². The number of benzene rings is 1. The average molecular weight is 571 g/mol. The number of piperidine rings is 1. The highest BCUT2D eigenvalue weighted by molar-refractivity contribution is 5.94. The van der Waals surface area contributed by atoms with E-state index in [1.54, 1.807) is 29.2 Å². The average Bonchev–Trinajstić information content (AvgIpc) is 3.01. The molecule has 1 saturated heterocycles. The van der Waals surface area contributed by atoms with Crippen LogP contribution in [0.4, 0.5) is 10.5 Å². The minimum atomic E-state index is -0.568. The number of urea groups is 1. The van der Waals surface area contributed by atoms with Crippen LogP contribution in [-0.4, -0.2) is 52.6 Å². The number of esters is 1. The Kier molecular flexibility index (Phi) is 11.1. The van der Waals surface area contributed by atoms with Crippen molar-refractivity contribution in [3.8, 4) is 0 Å². The quantitative estimate of drug-likeness (QED) is 0.229. The van der Waals surface area contributed by atoms with Crippen LogP contribution in [0.1, 0.15) is 82.4 Å². The first kappa shape index (κ1) is 31.2. The third-order valence-electron chi connectivity index (χ3n) is 8.14. The first-order chi connectivity index (χ1) is 20.2. The molecule has 1 fully saturated rings. The molecule has 2 aromatic heterocycles. The number of hydrogen-bond acceptors (Lipinski definition) is 5. The summed E-state index contributed by atoms with van der Waals surface area (Å²) in [5, 5.41) is 0. The highest BCUT2D eigenvalue weighted by Crippen LogP contribution is 2.27. The second-order valence-electron chi connectivity index (χ2n) is 12.4. The Labute approximate surface area is 251 Å². The fraction of sp³-hybridized carbons (Fsp3) is 0.486. The summed E-state index contributed by atoms with van der Waals surface area (Å²) in [6.45, 7) is 7.07. The van der Waals surface area contributed by atoms with Crippen LogP contribution in [0.5, 0.6) is 0 Å². The Morgan fingerprint density at radius 1 is 0.929 bits per heavy atom. The van der Waals surface area contributed by atoms with E-state index in [1.165, 1.54) is 16.7 Å². The number of pyridine rings is 2. The number of carbonyl (C=O) groups is 2. The molecule has 224 valence electrons. The fourth-order valence-electron chi connectivity index (χ4n) is 5.56. The van der Waals surface area contributed by atoms with Gasteiger partial charge in [-0.1, -0.05) is 45.0 Å². The molecule has 3 aromatic rings. The molecule has 42 heavy (non-hydrogen) atoms. The molecule has 2 amide bonds. The van der Waals surface area contributed by atoms with Crippen molar-refractivity contribution in [2.75, 3.05) is 18.5 Å². The molecular weight excluding hydrogens is 524 g/mol. The first-order valence-corrected chi connectivity index (χ1v) is 15.4. The van der Waals surface area contributed by atoms with Crippen molar-refractivity contribution in [2.24, 2.45) is 0 Å². The van der Waals surface area contributed by atoms with E-state index >= 15 is 0 Å². The van der Waals surface area contributed by atoms with Gasteiger partial charge in [0.15, 0.2) is 0 Å². The van der Waals surface area contributed by atoms with E-state index in [1.807, 2.05) is 36.7 Å². The van der Waals surface area contributed by atoms with Crippen LogP contribution < -0.4 is 4.90 Å².